The van der Waals surface area contributed by atoms with Crippen molar-refractivity contribution in [3.63, 3.8) is 0 Å². The van der Waals surface area contributed by atoms with Crippen molar-refractivity contribution in [2.75, 3.05) is 6.61 Å². The van der Waals surface area contributed by atoms with Gasteiger partial charge in [0.05, 0.1) is 12.7 Å². The van der Waals surface area contributed by atoms with E-state index >= 15 is 0 Å². The second kappa shape index (κ2) is 8.41. The van der Waals surface area contributed by atoms with E-state index in [1.165, 1.54) is 4.68 Å². The van der Waals surface area contributed by atoms with Crippen LogP contribution in [0.1, 0.15) is 29.5 Å². The molecule has 1 aliphatic carbocycles. The zero-order valence-corrected chi connectivity index (χ0v) is 16.6. The normalized spacial score (nSPS) is 13.4. The molecule has 7 nitrogen and oxygen atoms in total. The van der Waals surface area contributed by atoms with Gasteiger partial charge >= 0.3 is 12.1 Å². The molecule has 0 spiro atoms. The van der Waals surface area contributed by atoms with Gasteiger partial charge in [-0.1, -0.05) is 55.5 Å². The SMILES string of the molecule is CCc1cnn(CC(NC(=O)OCC2c3ccccc3-c3ccccc32)C(=O)O)c1. The number of hydrogen-bond acceptors (Lipinski definition) is 4. The Bertz CT molecular complexity index is 1030. The van der Waals surface area contributed by atoms with Crippen molar-refractivity contribution >= 4 is 12.1 Å². The van der Waals surface area contributed by atoms with Gasteiger partial charge in [-0.15, -0.1) is 0 Å². The molecule has 0 aliphatic heterocycles. The number of ether oxygens (including phenoxy) is 1. The molecule has 2 aromatic carbocycles. The van der Waals surface area contributed by atoms with Gasteiger partial charge in [0.2, 0.25) is 0 Å². The number of nitrogens with zero attached hydrogens (tertiary/aromatic N) is 2. The Morgan fingerprint density at radius 3 is 2.33 bits per heavy atom. The summed E-state index contributed by atoms with van der Waals surface area (Å²) in [5.41, 5.74) is 5.47. The minimum absolute atomic E-state index is 0.0273. The van der Waals surface area contributed by atoms with Crippen molar-refractivity contribution in [1.82, 2.24) is 15.1 Å². The highest BCUT2D eigenvalue weighted by Crippen LogP contribution is 2.44. The number of nitrogens with one attached hydrogen (secondary N) is 1. The van der Waals surface area contributed by atoms with Gasteiger partial charge in [-0.2, -0.15) is 5.10 Å². The van der Waals surface area contributed by atoms with Crippen LogP contribution in [0.2, 0.25) is 0 Å². The van der Waals surface area contributed by atoms with E-state index in [9.17, 15) is 14.7 Å². The lowest BCUT2D eigenvalue weighted by molar-refractivity contribution is -0.139. The lowest BCUT2D eigenvalue weighted by Crippen LogP contribution is -2.44. The molecule has 0 bridgehead atoms. The largest absolute Gasteiger partial charge is 0.480 e. The lowest BCUT2D eigenvalue weighted by Gasteiger charge is -2.17. The van der Waals surface area contributed by atoms with Crippen LogP contribution in [0.4, 0.5) is 4.79 Å². The molecule has 4 rings (SSSR count). The summed E-state index contributed by atoms with van der Waals surface area (Å²) in [4.78, 5) is 24.0. The Labute approximate surface area is 174 Å². The average molecular weight is 405 g/mol. The van der Waals surface area contributed by atoms with Crippen LogP contribution in [0.15, 0.2) is 60.9 Å². The van der Waals surface area contributed by atoms with Crippen LogP contribution in [0.25, 0.3) is 11.1 Å². The summed E-state index contributed by atoms with van der Waals surface area (Å²) in [5, 5.41) is 16.1. The first-order chi connectivity index (χ1) is 14.6. The summed E-state index contributed by atoms with van der Waals surface area (Å²) in [7, 11) is 0. The van der Waals surface area contributed by atoms with Crippen molar-refractivity contribution in [1.29, 1.82) is 0 Å². The highest BCUT2D eigenvalue weighted by atomic mass is 16.5. The minimum atomic E-state index is -1.14. The van der Waals surface area contributed by atoms with Gasteiger partial charge in [0.25, 0.3) is 0 Å². The summed E-state index contributed by atoms with van der Waals surface area (Å²) in [5.74, 6) is -1.22. The average Bonchev–Trinajstić information content (AvgIpc) is 3.34. The highest BCUT2D eigenvalue weighted by Gasteiger charge is 2.29. The molecule has 0 radical (unpaired) electrons. The molecule has 0 saturated heterocycles. The molecule has 7 heteroatoms. The molecule has 30 heavy (non-hydrogen) atoms. The molecular weight excluding hydrogens is 382 g/mol. The third-order valence-electron chi connectivity index (χ3n) is 5.40. The topological polar surface area (TPSA) is 93.5 Å². The molecule has 3 aromatic rings. The number of carbonyl (C=O) groups is 2. The Morgan fingerprint density at radius 2 is 1.77 bits per heavy atom. The zero-order valence-electron chi connectivity index (χ0n) is 16.6. The first-order valence-corrected chi connectivity index (χ1v) is 9.92. The second-order valence-corrected chi connectivity index (χ2v) is 7.28. The van der Waals surface area contributed by atoms with E-state index in [4.69, 9.17) is 4.74 Å². The molecule has 1 unspecified atom stereocenters. The predicted molar refractivity (Wildman–Crippen MR) is 111 cm³/mol. The second-order valence-electron chi connectivity index (χ2n) is 7.28. The summed E-state index contributed by atoms with van der Waals surface area (Å²) < 4.78 is 6.96. The fourth-order valence-corrected chi connectivity index (χ4v) is 3.84. The number of hydrogen-bond donors (Lipinski definition) is 2. The van der Waals surface area contributed by atoms with Crippen molar-refractivity contribution < 1.29 is 19.4 Å². The minimum Gasteiger partial charge on any atom is -0.480 e. The number of benzene rings is 2. The fourth-order valence-electron chi connectivity index (χ4n) is 3.84. The van der Waals surface area contributed by atoms with Gasteiger partial charge in [0, 0.05) is 12.1 Å². The highest BCUT2D eigenvalue weighted by molar-refractivity contribution is 5.81. The van der Waals surface area contributed by atoms with Crippen LogP contribution in [0.3, 0.4) is 0 Å². The molecule has 0 saturated carbocycles. The van der Waals surface area contributed by atoms with Crippen LogP contribution in [-0.2, 0) is 22.5 Å². The van der Waals surface area contributed by atoms with Gasteiger partial charge in [0.1, 0.15) is 12.6 Å². The number of carbonyl (C=O) groups excluding carboxylic acids is 1. The van der Waals surface area contributed by atoms with Gasteiger partial charge in [0.15, 0.2) is 0 Å². The maximum Gasteiger partial charge on any atom is 0.407 e. The summed E-state index contributed by atoms with van der Waals surface area (Å²) in [6.45, 7) is 2.15. The van der Waals surface area contributed by atoms with Gasteiger partial charge in [-0.3, -0.25) is 4.68 Å². The van der Waals surface area contributed by atoms with E-state index in [-0.39, 0.29) is 19.1 Å². The van der Waals surface area contributed by atoms with E-state index in [0.717, 1.165) is 34.2 Å². The number of aliphatic carboxylic acids is 1. The number of carboxylic acids is 1. The van der Waals surface area contributed by atoms with Crippen molar-refractivity contribution in [3.8, 4) is 11.1 Å². The molecule has 1 atom stereocenters. The summed E-state index contributed by atoms with van der Waals surface area (Å²) >= 11 is 0. The first-order valence-electron chi connectivity index (χ1n) is 9.92. The first kappa shape index (κ1) is 19.7. The molecule has 1 aromatic heterocycles. The standard InChI is InChI=1S/C23H23N3O4/c1-2-15-11-24-26(12-15)13-21(22(27)28)25-23(29)30-14-20-18-9-5-3-7-16(18)17-8-4-6-10-19(17)20/h3-12,20-21H,2,13-14H2,1H3,(H,25,29)(H,27,28). The monoisotopic (exact) mass is 405 g/mol. The van der Waals surface area contributed by atoms with Gasteiger partial charge in [-0.25, -0.2) is 9.59 Å². The van der Waals surface area contributed by atoms with Crippen LogP contribution < -0.4 is 5.32 Å². The lowest BCUT2D eigenvalue weighted by atomic mass is 9.98. The number of aryl methyl sites for hydroxylation is 1. The number of carboxylic acid groups (broad SMARTS) is 1. The molecule has 0 fully saturated rings. The zero-order chi connectivity index (χ0) is 21.1. The van der Waals surface area contributed by atoms with E-state index in [0.29, 0.717) is 0 Å². The van der Waals surface area contributed by atoms with Crippen LogP contribution >= 0.6 is 0 Å². The molecule has 1 heterocycles. The summed E-state index contributed by atoms with van der Waals surface area (Å²) in [6, 6.07) is 15.0. The fraction of sp³-hybridized carbons (Fsp3) is 0.261. The number of alkyl carbamates (subject to hydrolysis) is 1. The van der Waals surface area contributed by atoms with E-state index in [1.54, 1.807) is 12.4 Å². The van der Waals surface area contributed by atoms with Gasteiger partial charge < -0.3 is 15.2 Å². The van der Waals surface area contributed by atoms with Crippen LogP contribution in [0, 0.1) is 0 Å². The Morgan fingerprint density at radius 1 is 1.13 bits per heavy atom. The van der Waals surface area contributed by atoms with Crippen molar-refractivity contribution in [3.05, 3.63) is 77.6 Å². The van der Waals surface area contributed by atoms with Crippen LogP contribution in [0.5, 0.6) is 0 Å². The Hall–Kier alpha value is -3.61. The third kappa shape index (κ3) is 3.91. The smallest absolute Gasteiger partial charge is 0.407 e. The number of amides is 1. The molecule has 154 valence electrons. The maximum atomic E-state index is 12.4. The van der Waals surface area contributed by atoms with Crippen molar-refractivity contribution in [2.45, 2.75) is 31.8 Å². The Kier molecular flexibility index (Phi) is 5.52. The molecule has 1 amide bonds. The number of fused-ring (bicyclic) bond motifs is 3. The quantitative estimate of drug-likeness (QED) is 0.628. The molecule has 1 aliphatic rings. The third-order valence-corrected chi connectivity index (χ3v) is 5.40. The molecule has 2 N–H and O–H groups in total. The predicted octanol–water partition coefficient (Wildman–Crippen LogP) is 3.44. The Balaban J connectivity index is 1.42. The van der Waals surface area contributed by atoms with E-state index in [2.05, 4.69) is 22.5 Å². The number of rotatable bonds is 7. The van der Waals surface area contributed by atoms with Gasteiger partial charge in [-0.05, 0) is 34.2 Å². The van der Waals surface area contributed by atoms with E-state index < -0.39 is 18.1 Å². The van der Waals surface area contributed by atoms with E-state index in [1.807, 2.05) is 43.3 Å². The van der Waals surface area contributed by atoms with Crippen molar-refractivity contribution in [2.24, 2.45) is 0 Å². The maximum absolute atomic E-state index is 12.4. The molecular formula is C23H23N3O4. The van der Waals surface area contributed by atoms with Crippen LogP contribution in [-0.4, -0.2) is 39.6 Å². The summed E-state index contributed by atoms with van der Waals surface area (Å²) in [6.07, 6.45) is 3.51. The number of aromatic nitrogens is 2.